The fraction of sp³-hybridized carbons (Fsp3) is 0.647. The first-order valence-electron chi connectivity index (χ1n) is 8.11. The van der Waals surface area contributed by atoms with E-state index in [4.69, 9.17) is 4.74 Å². The molecular weight excluding hydrogens is 296 g/mol. The smallest absolute Gasteiger partial charge is 0.255 e. The van der Waals surface area contributed by atoms with Crippen LogP contribution < -0.4 is 0 Å². The first kappa shape index (κ1) is 16.4. The highest BCUT2D eigenvalue weighted by Gasteiger charge is 2.52. The number of aliphatic hydroxyl groups is 2. The molecule has 1 aromatic heterocycles. The predicted octanol–water partition coefficient (Wildman–Crippen LogP) is 0.897. The van der Waals surface area contributed by atoms with Gasteiger partial charge in [-0.05, 0) is 38.8 Å². The molecule has 2 atom stereocenters. The first-order chi connectivity index (χ1) is 10.9. The monoisotopic (exact) mass is 320 g/mol. The maximum atomic E-state index is 12.6. The molecule has 0 radical (unpaired) electrons. The van der Waals surface area contributed by atoms with Crippen LogP contribution >= 0.6 is 0 Å². The molecule has 2 saturated heterocycles. The summed E-state index contributed by atoms with van der Waals surface area (Å²) in [6.07, 6.45) is 2.21. The van der Waals surface area contributed by atoms with Crippen molar-refractivity contribution in [1.82, 2.24) is 9.88 Å². The van der Waals surface area contributed by atoms with Crippen LogP contribution in [-0.2, 0) is 4.74 Å². The van der Waals surface area contributed by atoms with Gasteiger partial charge in [-0.25, -0.2) is 0 Å². The van der Waals surface area contributed by atoms with Crippen LogP contribution in [0.5, 0.6) is 0 Å². The zero-order chi connectivity index (χ0) is 16.7. The number of carbonyl (C=O) groups is 1. The molecule has 0 bridgehead atoms. The van der Waals surface area contributed by atoms with E-state index in [0.29, 0.717) is 44.5 Å². The van der Waals surface area contributed by atoms with Gasteiger partial charge in [-0.3, -0.25) is 9.78 Å². The lowest BCUT2D eigenvalue weighted by molar-refractivity contribution is -0.244. The van der Waals surface area contributed by atoms with Crippen LogP contribution in [0, 0.1) is 6.92 Å². The molecule has 3 rings (SSSR count). The fourth-order valence-electron chi connectivity index (χ4n) is 3.63. The quantitative estimate of drug-likeness (QED) is 0.803. The van der Waals surface area contributed by atoms with E-state index in [0.717, 1.165) is 5.69 Å². The molecule has 6 nitrogen and oxygen atoms in total. The van der Waals surface area contributed by atoms with Crippen LogP contribution in [0.1, 0.15) is 42.2 Å². The Labute approximate surface area is 136 Å². The SMILES string of the molecule is Cc1ncccc1C(=O)N1CCC2(CC1)OCC[C@@](C)(O)[C@@H]2O. The molecule has 0 aliphatic carbocycles. The van der Waals surface area contributed by atoms with E-state index in [1.807, 2.05) is 6.92 Å². The molecule has 126 valence electrons. The largest absolute Gasteiger partial charge is 0.387 e. The van der Waals surface area contributed by atoms with E-state index in [2.05, 4.69) is 4.98 Å². The number of hydrogen-bond donors (Lipinski definition) is 2. The number of likely N-dealkylation sites (tertiary alicyclic amines) is 1. The van der Waals surface area contributed by atoms with Crippen molar-refractivity contribution in [2.45, 2.75) is 50.4 Å². The summed E-state index contributed by atoms with van der Waals surface area (Å²) in [5.74, 6) is -0.0393. The maximum absolute atomic E-state index is 12.6. The molecule has 0 aromatic carbocycles. The van der Waals surface area contributed by atoms with Crippen LogP contribution in [0.3, 0.4) is 0 Å². The van der Waals surface area contributed by atoms with Gasteiger partial charge in [0.15, 0.2) is 0 Å². The number of aliphatic hydroxyl groups excluding tert-OH is 1. The minimum atomic E-state index is -1.13. The van der Waals surface area contributed by atoms with Gasteiger partial charge in [0.25, 0.3) is 5.91 Å². The summed E-state index contributed by atoms with van der Waals surface area (Å²) in [5.41, 5.74) is -0.553. The van der Waals surface area contributed by atoms with Gasteiger partial charge in [-0.1, -0.05) is 0 Å². The molecule has 2 N–H and O–H groups in total. The molecule has 1 aromatic rings. The van der Waals surface area contributed by atoms with Gasteiger partial charge in [-0.2, -0.15) is 0 Å². The minimum Gasteiger partial charge on any atom is -0.387 e. The maximum Gasteiger partial charge on any atom is 0.255 e. The average Bonchev–Trinajstić information content (AvgIpc) is 2.53. The van der Waals surface area contributed by atoms with Gasteiger partial charge in [0.2, 0.25) is 0 Å². The number of ether oxygens (including phenoxy) is 1. The number of aryl methyl sites for hydroxylation is 1. The second-order valence-corrected chi connectivity index (χ2v) is 6.85. The Morgan fingerprint density at radius 3 is 2.74 bits per heavy atom. The summed E-state index contributed by atoms with van der Waals surface area (Å²) in [5, 5.41) is 20.8. The van der Waals surface area contributed by atoms with Crippen LogP contribution in [-0.4, -0.2) is 63.0 Å². The Morgan fingerprint density at radius 2 is 2.09 bits per heavy atom. The lowest BCUT2D eigenvalue weighted by atomic mass is 9.75. The van der Waals surface area contributed by atoms with Gasteiger partial charge < -0.3 is 19.8 Å². The van der Waals surface area contributed by atoms with Crippen molar-refractivity contribution in [3.05, 3.63) is 29.6 Å². The third kappa shape index (κ3) is 2.86. The van der Waals surface area contributed by atoms with E-state index < -0.39 is 17.3 Å². The van der Waals surface area contributed by atoms with E-state index in [-0.39, 0.29) is 5.91 Å². The molecule has 0 saturated carbocycles. The van der Waals surface area contributed by atoms with Gasteiger partial charge in [0.1, 0.15) is 11.7 Å². The summed E-state index contributed by atoms with van der Waals surface area (Å²) in [7, 11) is 0. The zero-order valence-corrected chi connectivity index (χ0v) is 13.7. The Bertz CT molecular complexity index is 594. The van der Waals surface area contributed by atoms with Gasteiger partial charge in [0, 0.05) is 31.4 Å². The van der Waals surface area contributed by atoms with Gasteiger partial charge in [0.05, 0.1) is 17.8 Å². The molecule has 0 unspecified atom stereocenters. The molecular formula is C17H24N2O4. The van der Waals surface area contributed by atoms with Gasteiger partial charge >= 0.3 is 0 Å². The highest BCUT2D eigenvalue weighted by atomic mass is 16.5. The number of amides is 1. The fourth-order valence-corrected chi connectivity index (χ4v) is 3.63. The predicted molar refractivity (Wildman–Crippen MR) is 84.0 cm³/mol. The molecule has 23 heavy (non-hydrogen) atoms. The summed E-state index contributed by atoms with van der Waals surface area (Å²) < 4.78 is 5.85. The van der Waals surface area contributed by atoms with Crippen molar-refractivity contribution in [2.24, 2.45) is 0 Å². The van der Waals surface area contributed by atoms with E-state index in [1.54, 1.807) is 30.2 Å². The van der Waals surface area contributed by atoms with Crippen LogP contribution in [0.25, 0.3) is 0 Å². The molecule has 2 aliphatic heterocycles. The second-order valence-electron chi connectivity index (χ2n) is 6.85. The zero-order valence-electron chi connectivity index (χ0n) is 13.7. The van der Waals surface area contributed by atoms with Crippen molar-refractivity contribution in [3.63, 3.8) is 0 Å². The summed E-state index contributed by atoms with van der Waals surface area (Å²) in [6.45, 7) is 4.91. The van der Waals surface area contributed by atoms with Crippen molar-refractivity contribution < 1.29 is 19.7 Å². The Balaban J connectivity index is 1.71. The summed E-state index contributed by atoms with van der Waals surface area (Å²) in [4.78, 5) is 18.6. The molecule has 2 aliphatic rings. The Hall–Kier alpha value is -1.50. The lowest BCUT2D eigenvalue weighted by Crippen LogP contribution is -2.64. The molecule has 1 spiro atoms. The number of piperidine rings is 1. The number of hydrogen-bond acceptors (Lipinski definition) is 5. The Morgan fingerprint density at radius 1 is 1.39 bits per heavy atom. The molecule has 1 amide bonds. The minimum absolute atomic E-state index is 0.0393. The first-order valence-corrected chi connectivity index (χ1v) is 8.11. The highest BCUT2D eigenvalue weighted by molar-refractivity contribution is 5.95. The second kappa shape index (κ2) is 5.85. The van der Waals surface area contributed by atoms with E-state index in [9.17, 15) is 15.0 Å². The third-order valence-corrected chi connectivity index (χ3v) is 5.22. The molecule has 6 heteroatoms. The van der Waals surface area contributed by atoms with Crippen LogP contribution in [0.15, 0.2) is 18.3 Å². The van der Waals surface area contributed by atoms with Crippen molar-refractivity contribution >= 4 is 5.91 Å². The average molecular weight is 320 g/mol. The summed E-state index contributed by atoms with van der Waals surface area (Å²) >= 11 is 0. The number of carbonyl (C=O) groups excluding carboxylic acids is 1. The van der Waals surface area contributed by atoms with Crippen molar-refractivity contribution in [2.75, 3.05) is 19.7 Å². The third-order valence-electron chi connectivity index (χ3n) is 5.22. The molecule has 2 fully saturated rings. The standard InChI is InChI=1S/C17H24N2O4/c1-12-13(4-3-8-18-12)14(20)19-9-5-17(6-10-19)15(21)16(2,22)7-11-23-17/h3-4,8,15,21-22H,5-7,9-11H2,1-2H3/t15-,16+/m0/s1. The lowest BCUT2D eigenvalue weighted by Gasteiger charge is -2.51. The van der Waals surface area contributed by atoms with Crippen molar-refractivity contribution in [1.29, 1.82) is 0 Å². The van der Waals surface area contributed by atoms with E-state index >= 15 is 0 Å². The topological polar surface area (TPSA) is 82.9 Å². The van der Waals surface area contributed by atoms with E-state index in [1.165, 1.54) is 0 Å². The number of pyridine rings is 1. The number of nitrogens with zero attached hydrogens (tertiary/aromatic N) is 2. The van der Waals surface area contributed by atoms with Crippen LogP contribution in [0.4, 0.5) is 0 Å². The summed E-state index contributed by atoms with van der Waals surface area (Å²) in [6, 6.07) is 3.54. The number of aromatic nitrogens is 1. The highest BCUT2D eigenvalue weighted by Crippen LogP contribution is 2.39. The Kier molecular flexibility index (Phi) is 4.16. The normalized spacial score (nSPS) is 30.4. The van der Waals surface area contributed by atoms with Crippen LogP contribution in [0.2, 0.25) is 0 Å². The van der Waals surface area contributed by atoms with Gasteiger partial charge in [-0.15, -0.1) is 0 Å². The van der Waals surface area contributed by atoms with Crippen molar-refractivity contribution in [3.8, 4) is 0 Å². The molecule has 3 heterocycles. The number of rotatable bonds is 1.